The van der Waals surface area contributed by atoms with Crippen LogP contribution in [-0.2, 0) is 26.7 Å². The zero-order valence-electron chi connectivity index (χ0n) is 28.6. The van der Waals surface area contributed by atoms with Gasteiger partial charge in [-0.15, -0.1) is 0 Å². The number of likely N-dealkylation sites (N-methyl/N-ethyl adjacent to an activating group) is 1. The fraction of sp³-hybridized carbons (Fsp3) is 0.906. The molecule has 0 aliphatic heterocycles. The molecule has 0 saturated carbocycles. The van der Waals surface area contributed by atoms with Crippen molar-refractivity contribution >= 4 is 11.9 Å². The Bertz CT molecular complexity index is 485. The summed E-state index contributed by atoms with van der Waals surface area (Å²) in [5, 5.41) is 43.0. The summed E-state index contributed by atoms with van der Waals surface area (Å²) >= 11 is 0. The van der Waals surface area contributed by atoms with Gasteiger partial charge in [-0.2, -0.15) is 0 Å². The molecule has 0 amide bonds. The average Bonchev–Trinajstić information content (AvgIpc) is 2.92. The fourth-order valence-electron chi connectivity index (χ4n) is 3.62. The third-order valence-corrected chi connectivity index (χ3v) is 6.53. The van der Waals surface area contributed by atoms with Crippen LogP contribution in [0.1, 0.15) is 119 Å². The first kappa shape index (κ1) is 53.7. The van der Waals surface area contributed by atoms with Crippen molar-refractivity contribution in [2.24, 2.45) is 11.8 Å². The Labute approximate surface area is 270 Å². The maximum absolute atomic E-state index is 10.4. The molecule has 5 N–H and O–H groups in total. The van der Waals surface area contributed by atoms with Gasteiger partial charge in [0.05, 0.1) is 31.7 Å². The Morgan fingerprint density at radius 1 is 0.571 bits per heavy atom. The molecule has 42 heavy (non-hydrogen) atoms. The fourth-order valence-corrected chi connectivity index (χ4v) is 3.62. The number of unbranched alkanes of at least 4 members (excludes halogenated alkanes) is 4. The molecule has 0 aromatic rings. The van der Waals surface area contributed by atoms with Crippen molar-refractivity contribution < 1.29 is 52.2 Å². The molecular formula is C32H71MnN2O7+. The van der Waals surface area contributed by atoms with Crippen LogP contribution >= 0.6 is 0 Å². The second kappa shape index (κ2) is 44.6. The summed E-state index contributed by atoms with van der Waals surface area (Å²) in [5.74, 6) is -1.51. The van der Waals surface area contributed by atoms with Crippen LogP contribution in [0.25, 0.3) is 0 Å². The molecule has 257 valence electrons. The first-order valence-corrected chi connectivity index (χ1v) is 15.8. The molecule has 0 aliphatic rings. The Hall–Kier alpha value is -0.871. The van der Waals surface area contributed by atoms with Gasteiger partial charge < -0.3 is 30.4 Å². The number of hydrogen-bond donors (Lipinski definition) is 5. The predicted octanol–water partition coefficient (Wildman–Crippen LogP) is 5.81. The largest absolute Gasteiger partial charge is 0.481 e. The number of carboxylic acids is 2. The van der Waals surface area contributed by atoms with E-state index in [1.54, 1.807) is 0 Å². The van der Waals surface area contributed by atoms with Crippen molar-refractivity contribution in [3.05, 3.63) is 7.43 Å². The van der Waals surface area contributed by atoms with Crippen LogP contribution in [0.5, 0.6) is 0 Å². The summed E-state index contributed by atoms with van der Waals surface area (Å²) in [6.45, 7) is 17.2. The van der Waals surface area contributed by atoms with Gasteiger partial charge in [0.25, 0.3) is 0 Å². The molecule has 0 saturated heterocycles. The van der Waals surface area contributed by atoms with Crippen LogP contribution in [0.4, 0.5) is 0 Å². The minimum atomic E-state index is -0.643. The van der Waals surface area contributed by atoms with Gasteiger partial charge >= 0.3 is 11.9 Å². The summed E-state index contributed by atoms with van der Waals surface area (Å²) in [6.07, 6.45) is 12.2. The van der Waals surface area contributed by atoms with E-state index in [9.17, 15) is 9.59 Å². The zero-order valence-corrected chi connectivity index (χ0v) is 29.8. The molecule has 0 bridgehead atoms. The number of hydrogen-bond acceptors (Lipinski definition) is 7. The van der Waals surface area contributed by atoms with Gasteiger partial charge in [0.15, 0.2) is 0 Å². The van der Waals surface area contributed by atoms with Gasteiger partial charge in [-0.25, -0.2) is 0 Å². The molecule has 9 nitrogen and oxygen atoms in total. The van der Waals surface area contributed by atoms with Gasteiger partial charge in [0, 0.05) is 44.1 Å². The maximum Gasteiger partial charge on any atom is 0.306 e. The Balaban J connectivity index is -0.000000101. The molecule has 1 radical (unpaired) electrons. The van der Waals surface area contributed by atoms with Crippen LogP contribution in [0.3, 0.4) is 0 Å². The second-order valence-corrected chi connectivity index (χ2v) is 10.2. The monoisotopic (exact) mass is 650 g/mol. The van der Waals surface area contributed by atoms with Gasteiger partial charge in [-0.05, 0) is 58.7 Å². The summed E-state index contributed by atoms with van der Waals surface area (Å²) in [7, 11) is 2.03. The number of aliphatic carboxylic acids is 2. The molecule has 0 aliphatic carbocycles. The minimum absolute atomic E-state index is 0. The standard InChI is InChI=1S/C8H19NO2.2C8H16O2.C7H17NO.CH3.Mn/c1-2-3-4-9(5-7-10)6-8-11;2*1-3-5-6-7(4-2)8(9)10;1-3-4-5-8(2)6-7-9;;/h10-11H,2-8H2,1H3;2*7H,3-6H2,1-2H3,(H,9,10);9H,3-7H2,1-2H3;1H3;/q;;;;+1;. The number of aliphatic hydroxyl groups is 3. The molecule has 2 unspecified atom stereocenters. The van der Waals surface area contributed by atoms with Gasteiger partial charge in [0.1, 0.15) is 0 Å². The van der Waals surface area contributed by atoms with E-state index in [1.165, 1.54) is 12.8 Å². The normalized spacial score (nSPS) is 11.3. The van der Waals surface area contributed by atoms with Gasteiger partial charge in [-0.3, -0.25) is 14.5 Å². The molecule has 0 aromatic carbocycles. The summed E-state index contributed by atoms with van der Waals surface area (Å²) < 4.78 is 0. The van der Waals surface area contributed by atoms with Crippen molar-refractivity contribution in [1.82, 2.24) is 9.80 Å². The molecular weight excluding hydrogens is 579 g/mol. The number of carbonyl (C=O) groups is 2. The molecule has 0 rings (SSSR count). The zero-order chi connectivity index (χ0) is 31.6. The average molecular weight is 651 g/mol. The molecule has 2 atom stereocenters. The molecule has 0 fully saturated rings. The second-order valence-electron chi connectivity index (χ2n) is 10.2. The number of rotatable bonds is 22. The number of aliphatic hydroxyl groups excluding tert-OH is 3. The molecule has 0 heterocycles. The van der Waals surface area contributed by atoms with E-state index in [1.807, 2.05) is 20.9 Å². The quantitative estimate of drug-likeness (QED) is 0.0725. The third-order valence-electron chi connectivity index (χ3n) is 6.53. The number of nitrogens with zero attached hydrogens (tertiary/aromatic N) is 2. The molecule has 10 heteroatoms. The molecule has 0 aromatic heterocycles. The number of carboxylic acid groups (broad SMARTS) is 2. The van der Waals surface area contributed by atoms with E-state index >= 15 is 0 Å². The van der Waals surface area contributed by atoms with Crippen molar-refractivity contribution in [1.29, 1.82) is 0 Å². The minimum Gasteiger partial charge on any atom is -0.481 e. The van der Waals surface area contributed by atoms with E-state index in [0.717, 1.165) is 83.8 Å². The van der Waals surface area contributed by atoms with Crippen LogP contribution in [0.2, 0.25) is 0 Å². The predicted molar refractivity (Wildman–Crippen MR) is 173 cm³/mol. The van der Waals surface area contributed by atoms with Crippen LogP contribution < -0.4 is 0 Å². The smallest absolute Gasteiger partial charge is 0.306 e. The Morgan fingerprint density at radius 3 is 1.17 bits per heavy atom. The topological polar surface area (TPSA) is 142 Å². The maximum atomic E-state index is 10.4. The van der Waals surface area contributed by atoms with Gasteiger partial charge in [0.2, 0.25) is 0 Å². The van der Waals surface area contributed by atoms with Crippen molar-refractivity contribution in [2.75, 3.05) is 59.6 Å². The van der Waals surface area contributed by atoms with E-state index < -0.39 is 11.9 Å². The van der Waals surface area contributed by atoms with E-state index in [-0.39, 0.29) is 56.2 Å². The first-order valence-electron chi connectivity index (χ1n) is 15.8. The third kappa shape index (κ3) is 43.6. The van der Waals surface area contributed by atoms with E-state index in [0.29, 0.717) is 13.1 Å². The van der Waals surface area contributed by atoms with Crippen LogP contribution in [-0.4, -0.2) is 107 Å². The van der Waals surface area contributed by atoms with Crippen LogP contribution in [0, 0.1) is 19.3 Å². The summed E-state index contributed by atoms with van der Waals surface area (Å²) in [4.78, 5) is 25.1. The summed E-state index contributed by atoms with van der Waals surface area (Å²) in [5.41, 5.74) is 0. The van der Waals surface area contributed by atoms with E-state index in [4.69, 9.17) is 25.5 Å². The van der Waals surface area contributed by atoms with Gasteiger partial charge in [-0.1, -0.05) is 80.1 Å². The first-order chi connectivity index (χ1) is 19.1. The Kier molecular flexibility index (Phi) is 57.0. The van der Waals surface area contributed by atoms with E-state index in [2.05, 4.69) is 37.5 Å². The van der Waals surface area contributed by atoms with Crippen molar-refractivity contribution in [2.45, 2.75) is 119 Å². The van der Waals surface area contributed by atoms with Crippen molar-refractivity contribution in [3.8, 4) is 0 Å². The SMILES string of the molecule is CCCCC(CC)C(=O)O.CCCCC(CC)C(=O)O.CCCCN(C)CCO.CCCCN(CCO)CCO.[CH3+].[Mn]. The molecule has 0 spiro atoms. The summed E-state index contributed by atoms with van der Waals surface area (Å²) in [6, 6.07) is 0. The Morgan fingerprint density at radius 2 is 0.905 bits per heavy atom. The van der Waals surface area contributed by atoms with Crippen molar-refractivity contribution in [3.63, 3.8) is 0 Å². The van der Waals surface area contributed by atoms with Crippen LogP contribution in [0.15, 0.2) is 0 Å².